The number of anilines is 2. The quantitative estimate of drug-likeness (QED) is 0.0873. The molecule has 0 spiro atoms. The normalized spacial score (nSPS) is 16.7. The molecule has 0 saturated heterocycles. The fourth-order valence-corrected chi connectivity index (χ4v) is 9.29. The van der Waals surface area contributed by atoms with E-state index in [9.17, 15) is 19.8 Å². The predicted octanol–water partition coefficient (Wildman–Crippen LogP) is 10.2. The number of ketones is 2. The minimum atomic E-state index is -1.08. The number of fused-ring (bicyclic) bond motifs is 2. The molecule has 4 aromatic carbocycles. The van der Waals surface area contributed by atoms with Crippen molar-refractivity contribution in [3.63, 3.8) is 0 Å². The minimum Gasteiger partial charge on any atom is -0.478 e. The van der Waals surface area contributed by atoms with Gasteiger partial charge in [0.25, 0.3) is 0 Å². The van der Waals surface area contributed by atoms with Gasteiger partial charge in [-0.05, 0) is 79.1 Å². The van der Waals surface area contributed by atoms with Crippen molar-refractivity contribution in [1.82, 2.24) is 0 Å². The van der Waals surface area contributed by atoms with Gasteiger partial charge in [-0.3, -0.25) is 9.59 Å². The number of rotatable bonds is 14. The summed E-state index contributed by atoms with van der Waals surface area (Å²) in [4.78, 5) is 56.5. The van der Waals surface area contributed by atoms with Crippen LogP contribution in [-0.2, 0) is 0 Å². The van der Waals surface area contributed by atoms with E-state index in [2.05, 4.69) is 31.4 Å². The van der Waals surface area contributed by atoms with E-state index in [1.807, 2.05) is 18.2 Å². The average Bonchev–Trinajstić information content (AvgIpc) is 3.14. The Morgan fingerprint density at radius 3 is 1.58 bits per heavy atom. The molecule has 2 aliphatic carbocycles. The van der Waals surface area contributed by atoms with E-state index in [1.165, 1.54) is 12.1 Å². The average molecular weight is 737 g/mol. The largest absolute Gasteiger partial charge is 0.478 e. The summed E-state index contributed by atoms with van der Waals surface area (Å²) in [6.07, 6.45) is 6.36. The summed E-state index contributed by atoms with van der Waals surface area (Å²) in [7, 11) is 0. The van der Waals surface area contributed by atoms with E-state index < -0.39 is 11.9 Å². The van der Waals surface area contributed by atoms with Crippen LogP contribution in [0.3, 0.4) is 0 Å². The number of hydrogen-bond donors (Lipinski definition) is 4. The van der Waals surface area contributed by atoms with Crippen LogP contribution in [0.1, 0.15) is 112 Å². The van der Waals surface area contributed by atoms with Gasteiger partial charge in [0, 0.05) is 55.2 Å². The predicted molar refractivity (Wildman–Crippen MR) is 207 cm³/mol. The molecule has 0 atom stereocenters. The number of carboxylic acids is 2. The first-order chi connectivity index (χ1) is 25.1. The number of carbonyl (C=O) groups is 4. The molecule has 4 N–H and O–H groups in total. The Kier molecular flexibility index (Phi) is 11.8. The van der Waals surface area contributed by atoms with E-state index >= 15 is 9.59 Å². The molecule has 270 valence electrons. The molecule has 10 heteroatoms. The number of carboxylic acid groups (broad SMARTS) is 2. The van der Waals surface area contributed by atoms with E-state index in [0.29, 0.717) is 61.8 Å². The lowest BCUT2D eigenvalue weighted by molar-refractivity contribution is 0.0682. The molecule has 1 saturated carbocycles. The summed E-state index contributed by atoms with van der Waals surface area (Å²) in [5, 5.41) is 26.9. The molecule has 0 aliphatic heterocycles. The van der Waals surface area contributed by atoms with Crippen LogP contribution in [0.25, 0.3) is 0 Å². The number of aromatic carboxylic acids is 2. The van der Waals surface area contributed by atoms with Crippen molar-refractivity contribution in [1.29, 1.82) is 0 Å². The summed E-state index contributed by atoms with van der Waals surface area (Å²) in [5.41, 5.74) is 2.28. The zero-order chi connectivity index (χ0) is 36.9. The lowest BCUT2D eigenvalue weighted by Gasteiger charge is -2.29. The number of carbonyl (C=O) groups excluding carboxylic acids is 2. The third kappa shape index (κ3) is 7.78. The molecule has 0 bridgehead atoms. The lowest BCUT2D eigenvalue weighted by atomic mass is 9.81. The lowest BCUT2D eigenvalue weighted by Crippen LogP contribution is -2.27. The molecule has 0 aromatic heterocycles. The van der Waals surface area contributed by atoms with Gasteiger partial charge in [-0.2, -0.15) is 0 Å². The summed E-state index contributed by atoms with van der Waals surface area (Å²) < 4.78 is 0. The summed E-state index contributed by atoms with van der Waals surface area (Å²) >= 11 is 2.32. The molecule has 0 amide bonds. The van der Waals surface area contributed by atoms with Gasteiger partial charge in [0.05, 0.1) is 22.3 Å². The maximum absolute atomic E-state index is 15.1. The van der Waals surface area contributed by atoms with Crippen molar-refractivity contribution in [2.75, 3.05) is 23.7 Å². The number of nitrogens with one attached hydrogen (secondary N) is 2. The van der Waals surface area contributed by atoms with Crippen molar-refractivity contribution in [2.45, 2.75) is 78.9 Å². The molecule has 0 unspecified atom stereocenters. The monoisotopic (exact) mass is 736 g/mol. The van der Waals surface area contributed by atoms with Crippen molar-refractivity contribution >= 4 is 58.4 Å². The highest BCUT2D eigenvalue weighted by Gasteiger charge is 2.38. The highest BCUT2D eigenvalue weighted by atomic mass is 32.2. The molecule has 2 aliphatic rings. The highest BCUT2D eigenvalue weighted by Crippen LogP contribution is 2.46. The Morgan fingerprint density at radius 1 is 0.654 bits per heavy atom. The maximum atomic E-state index is 15.1. The van der Waals surface area contributed by atoms with E-state index in [4.69, 9.17) is 0 Å². The van der Waals surface area contributed by atoms with Gasteiger partial charge in [-0.15, -0.1) is 0 Å². The van der Waals surface area contributed by atoms with Gasteiger partial charge < -0.3 is 20.8 Å². The van der Waals surface area contributed by atoms with Crippen LogP contribution in [0.5, 0.6) is 0 Å². The van der Waals surface area contributed by atoms with Crippen LogP contribution in [0.15, 0.2) is 92.4 Å². The van der Waals surface area contributed by atoms with E-state index in [0.717, 1.165) is 62.0 Å². The fourth-order valence-electron chi connectivity index (χ4n) is 7.13. The van der Waals surface area contributed by atoms with Gasteiger partial charge in [0.1, 0.15) is 0 Å². The minimum absolute atomic E-state index is 0.104. The highest BCUT2D eigenvalue weighted by molar-refractivity contribution is 7.99. The summed E-state index contributed by atoms with van der Waals surface area (Å²) in [6, 6.07) is 20.5. The van der Waals surface area contributed by atoms with Gasteiger partial charge >= 0.3 is 11.9 Å². The first kappa shape index (κ1) is 37.2. The molecule has 6 rings (SSSR count). The van der Waals surface area contributed by atoms with Crippen molar-refractivity contribution in [3.8, 4) is 0 Å². The van der Waals surface area contributed by atoms with Crippen LogP contribution in [0.4, 0.5) is 11.4 Å². The topological polar surface area (TPSA) is 133 Å². The smallest absolute Gasteiger partial charge is 0.336 e. The molecule has 0 heterocycles. The van der Waals surface area contributed by atoms with E-state index in [-0.39, 0.29) is 44.9 Å². The Labute approximate surface area is 313 Å². The van der Waals surface area contributed by atoms with Crippen LogP contribution in [-0.4, -0.2) is 46.8 Å². The Bertz CT molecular complexity index is 2020. The molecule has 52 heavy (non-hydrogen) atoms. The summed E-state index contributed by atoms with van der Waals surface area (Å²) in [5.74, 6) is -1.35. The van der Waals surface area contributed by atoms with Crippen molar-refractivity contribution in [2.24, 2.45) is 17.8 Å². The van der Waals surface area contributed by atoms with Crippen LogP contribution in [0, 0.1) is 17.8 Å². The van der Waals surface area contributed by atoms with Gasteiger partial charge in [0.15, 0.2) is 11.6 Å². The Morgan fingerprint density at radius 2 is 1.12 bits per heavy atom. The van der Waals surface area contributed by atoms with Gasteiger partial charge in [-0.1, -0.05) is 94.2 Å². The maximum Gasteiger partial charge on any atom is 0.336 e. The zero-order valence-electron chi connectivity index (χ0n) is 29.7. The van der Waals surface area contributed by atoms with Crippen LogP contribution < -0.4 is 10.6 Å². The molecule has 1 fully saturated rings. The Hall–Kier alpha value is -4.54. The molecule has 0 radical (unpaired) electrons. The number of benzene rings is 4. The van der Waals surface area contributed by atoms with Crippen LogP contribution >= 0.6 is 23.5 Å². The van der Waals surface area contributed by atoms with Crippen molar-refractivity contribution < 1.29 is 29.4 Å². The zero-order valence-corrected chi connectivity index (χ0v) is 31.3. The molecule has 4 aromatic rings. The summed E-state index contributed by atoms with van der Waals surface area (Å²) in [6.45, 7) is 7.79. The second-order valence-corrected chi connectivity index (χ2v) is 15.9. The van der Waals surface area contributed by atoms with Crippen LogP contribution in [0.2, 0.25) is 0 Å². The first-order valence-electron chi connectivity index (χ1n) is 18.0. The second kappa shape index (κ2) is 16.4. The molecular formula is C42H44N2O6S2. The SMILES string of the molecule is CCC(CC)CNc1ccc(Sc2ccccc2C(=O)O)c2c1C(=O)c1c(Sc3ccccc3C(=O)O)ccc(NCC3CCC(C)CC3)c1C2=O. The Balaban J connectivity index is 1.51. The van der Waals surface area contributed by atoms with Gasteiger partial charge in [0.2, 0.25) is 0 Å². The third-order valence-electron chi connectivity index (χ3n) is 10.4. The van der Waals surface area contributed by atoms with Crippen molar-refractivity contribution in [3.05, 3.63) is 106 Å². The first-order valence-corrected chi connectivity index (χ1v) is 19.7. The molecular weight excluding hydrogens is 693 g/mol. The second-order valence-electron chi connectivity index (χ2n) is 13.8. The fraction of sp³-hybridized carbons (Fsp3) is 0.333. The van der Waals surface area contributed by atoms with E-state index in [1.54, 1.807) is 42.5 Å². The van der Waals surface area contributed by atoms with Gasteiger partial charge in [-0.25, -0.2) is 9.59 Å². The number of hydrogen-bond acceptors (Lipinski definition) is 8. The standard InChI is InChI=1S/C42H44N2O6S2/c1-4-25(5-2)22-43-29-18-20-33(51-31-12-8-6-10-27(31)41(47)48)37-35(29)39(45)38-34(52-32-13-9-7-11-28(32)42(49)50)21-19-30(36(38)40(37)46)44-23-26-16-14-24(3)15-17-26/h6-13,18-21,24-26,43-44H,4-5,14-17,22-23H2,1-3H3,(H,47,48)(H,49,50). The molecule has 8 nitrogen and oxygen atoms in total. The third-order valence-corrected chi connectivity index (χ3v) is 12.6.